The zero-order chi connectivity index (χ0) is 18.1. The van der Waals surface area contributed by atoms with Crippen molar-refractivity contribution in [2.75, 3.05) is 0 Å². The first-order chi connectivity index (χ1) is 12.6. The summed E-state index contributed by atoms with van der Waals surface area (Å²) >= 11 is 0. The van der Waals surface area contributed by atoms with E-state index >= 15 is 0 Å². The van der Waals surface area contributed by atoms with Crippen LogP contribution in [0.2, 0.25) is 0 Å². The van der Waals surface area contributed by atoms with E-state index in [0.717, 1.165) is 10.9 Å². The smallest absolute Gasteiger partial charge is 0.267 e. The molecular weight excluding hydrogens is 330 g/mol. The van der Waals surface area contributed by atoms with Crippen LogP contribution < -0.4 is 5.56 Å². The van der Waals surface area contributed by atoms with Gasteiger partial charge in [-0.15, -0.1) is 0 Å². The topological polar surface area (TPSA) is 78.0 Å². The predicted molar refractivity (Wildman–Crippen MR) is 99.4 cm³/mol. The number of non-ortho nitro benzene ring substituents is 1. The van der Waals surface area contributed by atoms with Crippen molar-refractivity contribution in [2.45, 2.75) is 0 Å². The summed E-state index contributed by atoms with van der Waals surface area (Å²) in [4.78, 5) is 23.3. The summed E-state index contributed by atoms with van der Waals surface area (Å²) in [6, 6.07) is 22.7. The number of rotatable bonds is 3. The minimum atomic E-state index is -0.476. The first-order valence-electron chi connectivity index (χ1n) is 7.97. The third kappa shape index (κ3) is 2.63. The molecule has 0 aliphatic carbocycles. The largest absolute Gasteiger partial charge is 0.279 e. The van der Waals surface area contributed by atoms with E-state index in [9.17, 15) is 14.9 Å². The molecule has 0 bridgehead atoms. The Balaban J connectivity index is 2.00. The van der Waals surface area contributed by atoms with E-state index in [-0.39, 0.29) is 11.2 Å². The second-order valence-corrected chi connectivity index (χ2v) is 5.75. The van der Waals surface area contributed by atoms with Crippen molar-refractivity contribution in [3.63, 3.8) is 0 Å². The molecule has 0 spiro atoms. The molecule has 6 heteroatoms. The summed E-state index contributed by atoms with van der Waals surface area (Å²) in [5, 5.41) is 16.7. The Kier molecular flexibility index (Phi) is 3.78. The molecule has 0 aliphatic rings. The summed E-state index contributed by atoms with van der Waals surface area (Å²) < 4.78 is 1.29. The minimum absolute atomic E-state index is 0.0362. The van der Waals surface area contributed by atoms with Crippen LogP contribution in [0.1, 0.15) is 0 Å². The van der Waals surface area contributed by atoms with Crippen molar-refractivity contribution in [3.8, 4) is 16.9 Å². The molecule has 0 N–H and O–H groups in total. The lowest BCUT2D eigenvalue weighted by Gasteiger charge is -2.11. The molecule has 6 nitrogen and oxygen atoms in total. The van der Waals surface area contributed by atoms with Gasteiger partial charge in [0.2, 0.25) is 0 Å². The highest BCUT2D eigenvalue weighted by atomic mass is 16.6. The fourth-order valence-corrected chi connectivity index (χ4v) is 2.89. The van der Waals surface area contributed by atoms with E-state index in [4.69, 9.17) is 0 Å². The van der Waals surface area contributed by atoms with Crippen molar-refractivity contribution in [3.05, 3.63) is 99.3 Å². The van der Waals surface area contributed by atoms with Crippen molar-refractivity contribution in [2.24, 2.45) is 0 Å². The van der Waals surface area contributed by atoms with E-state index in [2.05, 4.69) is 5.10 Å². The van der Waals surface area contributed by atoms with Gasteiger partial charge < -0.3 is 0 Å². The fourth-order valence-electron chi connectivity index (χ4n) is 2.89. The lowest BCUT2D eigenvalue weighted by molar-refractivity contribution is -0.384. The fraction of sp³-hybridized carbons (Fsp3) is 0. The summed E-state index contributed by atoms with van der Waals surface area (Å²) in [5.41, 5.74) is 1.74. The Morgan fingerprint density at radius 3 is 2.08 bits per heavy atom. The molecule has 3 aromatic carbocycles. The maximum absolute atomic E-state index is 12.9. The molecule has 0 amide bonds. The van der Waals surface area contributed by atoms with Gasteiger partial charge in [0.15, 0.2) is 0 Å². The Labute approximate surface area is 148 Å². The number of nitro benzene ring substituents is 1. The van der Waals surface area contributed by atoms with Gasteiger partial charge in [-0.25, -0.2) is 0 Å². The van der Waals surface area contributed by atoms with Crippen molar-refractivity contribution in [1.29, 1.82) is 0 Å². The second-order valence-electron chi connectivity index (χ2n) is 5.75. The highest BCUT2D eigenvalue weighted by molar-refractivity contribution is 5.93. The van der Waals surface area contributed by atoms with Crippen LogP contribution in [-0.2, 0) is 0 Å². The van der Waals surface area contributed by atoms with Crippen LogP contribution in [0.4, 0.5) is 5.69 Å². The molecule has 126 valence electrons. The van der Waals surface area contributed by atoms with Crippen LogP contribution in [0.5, 0.6) is 0 Å². The number of hydrogen-bond donors (Lipinski definition) is 0. The summed E-state index contributed by atoms with van der Waals surface area (Å²) in [6.45, 7) is 0. The Morgan fingerprint density at radius 2 is 1.42 bits per heavy atom. The summed E-state index contributed by atoms with van der Waals surface area (Å²) in [5.74, 6) is 0. The van der Waals surface area contributed by atoms with Crippen molar-refractivity contribution < 1.29 is 4.92 Å². The average Bonchev–Trinajstić information content (AvgIpc) is 2.69. The molecule has 0 saturated carbocycles. The molecule has 0 unspecified atom stereocenters. The zero-order valence-electron chi connectivity index (χ0n) is 13.6. The maximum Gasteiger partial charge on any atom is 0.279 e. The van der Waals surface area contributed by atoms with Crippen LogP contribution in [-0.4, -0.2) is 14.7 Å². The molecule has 0 radical (unpaired) electrons. The molecule has 0 saturated heterocycles. The zero-order valence-corrected chi connectivity index (χ0v) is 13.6. The van der Waals surface area contributed by atoms with E-state index in [1.807, 2.05) is 42.5 Å². The highest BCUT2D eigenvalue weighted by Gasteiger charge is 2.14. The van der Waals surface area contributed by atoms with Gasteiger partial charge in [-0.05, 0) is 18.2 Å². The van der Waals surface area contributed by atoms with Gasteiger partial charge in [-0.2, -0.15) is 9.78 Å². The monoisotopic (exact) mass is 343 g/mol. The number of fused-ring (bicyclic) bond motifs is 1. The van der Waals surface area contributed by atoms with Gasteiger partial charge in [0, 0.05) is 23.1 Å². The number of nitrogens with zero attached hydrogens (tertiary/aromatic N) is 3. The normalized spacial score (nSPS) is 10.8. The molecular formula is C20H13N3O3. The predicted octanol–water partition coefficient (Wildman–Crippen LogP) is 3.96. The van der Waals surface area contributed by atoms with Gasteiger partial charge in [0.1, 0.15) is 0 Å². The molecule has 0 atom stereocenters. The number of nitro groups is 1. The van der Waals surface area contributed by atoms with E-state index in [1.165, 1.54) is 28.9 Å². The Morgan fingerprint density at radius 1 is 0.808 bits per heavy atom. The van der Waals surface area contributed by atoms with Gasteiger partial charge in [-0.1, -0.05) is 48.5 Å². The third-order valence-electron chi connectivity index (χ3n) is 4.16. The van der Waals surface area contributed by atoms with Gasteiger partial charge in [0.25, 0.3) is 11.2 Å². The van der Waals surface area contributed by atoms with Crippen LogP contribution in [0.25, 0.3) is 27.7 Å². The second kappa shape index (κ2) is 6.25. The number of benzene rings is 3. The number of hydrogen-bond acceptors (Lipinski definition) is 4. The van der Waals surface area contributed by atoms with Crippen LogP contribution in [0.3, 0.4) is 0 Å². The van der Waals surface area contributed by atoms with Gasteiger partial charge in [0.05, 0.1) is 21.7 Å². The van der Waals surface area contributed by atoms with E-state index in [1.54, 1.807) is 12.1 Å². The summed E-state index contributed by atoms with van der Waals surface area (Å²) in [6.07, 6.45) is 0. The molecule has 0 fully saturated rings. The molecule has 4 rings (SSSR count). The first kappa shape index (κ1) is 15.7. The van der Waals surface area contributed by atoms with E-state index < -0.39 is 4.92 Å². The lowest BCUT2D eigenvalue weighted by atomic mass is 10.1. The minimum Gasteiger partial charge on any atom is -0.267 e. The van der Waals surface area contributed by atoms with Crippen LogP contribution in [0.15, 0.2) is 83.7 Å². The van der Waals surface area contributed by atoms with Crippen molar-refractivity contribution in [1.82, 2.24) is 9.78 Å². The SMILES string of the molecule is O=c1c2ccccc2c(-c2ccccc2)nn1-c1ccc([N+](=O)[O-])cc1. The van der Waals surface area contributed by atoms with Gasteiger partial charge in [-0.3, -0.25) is 14.9 Å². The van der Waals surface area contributed by atoms with Crippen LogP contribution >= 0.6 is 0 Å². The van der Waals surface area contributed by atoms with Gasteiger partial charge >= 0.3 is 0 Å². The molecule has 4 aromatic rings. The maximum atomic E-state index is 12.9. The Hall–Kier alpha value is -3.80. The molecule has 1 heterocycles. The summed E-state index contributed by atoms with van der Waals surface area (Å²) in [7, 11) is 0. The first-order valence-corrected chi connectivity index (χ1v) is 7.97. The molecule has 0 aliphatic heterocycles. The lowest BCUT2D eigenvalue weighted by Crippen LogP contribution is -2.22. The molecule has 1 aromatic heterocycles. The van der Waals surface area contributed by atoms with Crippen molar-refractivity contribution >= 4 is 16.5 Å². The highest BCUT2D eigenvalue weighted by Crippen LogP contribution is 2.25. The Bertz CT molecular complexity index is 1170. The van der Waals surface area contributed by atoms with Crippen LogP contribution in [0, 0.1) is 10.1 Å². The third-order valence-corrected chi connectivity index (χ3v) is 4.16. The quantitative estimate of drug-likeness (QED) is 0.417. The number of aromatic nitrogens is 2. The molecule has 26 heavy (non-hydrogen) atoms. The standard InChI is InChI=1S/C20H13N3O3/c24-20-18-9-5-4-8-17(18)19(14-6-2-1-3-7-14)21-22(20)15-10-12-16(13-11-15)23(25)26/h1-13H. The average molecular weight is 343 g/mol. The van der Waals surface area contributed by atoms with E-state index in [0.29, 0.717) is 16.8 Å².